The molecule has 24 heavy (non-hydrogen) atoms. The number of nitrogens with one attached hydrogen (secondary N) is 1. The summed E-state index contributed by atoms with van der Waals surface area (Å²) in [5.41, 5.74) is 2.18. The second-order valence-corrected chi connectivity index (χ2v) is 5.66. The Hall–Kier alpha value is -2.89. The molecule has 0 unspecified atom stereocenters. The fourth-order valence-corrected chi connectivity index (χ4v) is 2.62. The summed E-state index contributed by atoms with van der Waals surface area (Å²) in [5.74, 6) is -0.0305. The smallest absolute Gasteiger partial charge is 0.245 e. The van der Waals surface area contributed by atoms with Gasteiger partial charge in [-0.15, -0.1) is 0 Å². The van der Waals surface area contributed by atoms with Crippen LogP contribution in [0.5, 0.6) is 0 Å². The van der Waals surface area contributed by atoms with Crippen molar-refractivity contribution in [1.29, 1.82) is 0 Å². The molecule has 2 heterocycles. The summed E-state index contributed by atoms with van der Waals surface area (Å²) in [5, 5.41) is 11.5. The van der Waals surface area contributed by atoms with Crippen molar-refractivity contribution in [1.82, 2.24) is 24.9 Å². The van der Waals surface area contributed by atoms with E-state index in [9.17, 15) is 4.79 Å². The number of aromatic nitrogens is 4. The van der Waals surface area contributed by atoms with Crippen LogP contribution in [0.3, 0.4) is 0 Å². The number of amides is 1. The Morgan fingerprint density at radius 3 is 2.71 bits per heavy atom. The maximum absolute atomic E-state index is 12.3. The van der Waals surface area contributed by atoms with Crippen LogP contribution in [0.15, 0.2) is 61.2 Å². The molecular weight excluding hydrogens is 302 g/mol. The van der Waals surface area contributed by atoms with Gasteiger partial charge in [-0.05, 0) is 18.1 Å². The van der Waals surface area contributed by atoms with Crippen LogP contribution in [0, 0.1) is 0 Å². The third-order valence-corrected chi connectivity index (χ3v) is 3.87. The molecule has 124 valence electrons. The first-order valence-corrected chi connectivity index (χ1v) is 8.08. The molecule has 0 fully saturated rings. The number of benzene rings is 1. The second-order valence-electron chi connectivity index (χ2n) is 5.66. The summed E-state index contributed by atoms with van der Waals surface area (Å²) < 4.78 is 3.57. The maximum atomic E-state index is 12.3. The van der Waals surface area contributed by atoms with Crippen molar-refractivity contribution in [2.24, 2.45) is 0 Å². The van der Waals surface area contributed by atoms with E-state index < -0.39 is 0 Å². The molecule has 2 aromatic heterocycles. The van der Waals surface area contributed by atoms with Crippen LogP contribution in [0.2, 0.25) is 0 Å². The van der Waals surface area contributed by atoms with Gasteiger partial charge in [0.25, 0.3) is 0 Å². The highest BCUT2D eigenvalue weighted by Crippen LogP contribution is 2.10. The van der Waals surface area contributed by atoms with Crippen molar-refractivity contribution in [2.75, 3.05) is 0 Å². The molecule has 3 rings (SSSR count). The van der Waals surface area contributed by atoms with Crippen LogP contribution in [-0.2, 0) is 17.9 Å². The van der Waals surface area contributed by atoms with Gasteiger partial charge in [0, 0.05) is 30.7 Å². The van der Waals surface area contributed by atoms with Gasteiger partial charge in [-0.3, -0.25) is 14.2 Å². The first-order valence-electron chi connectivity index (χ1n) is 8.08. The summed E-state index contributed by atoms with van der Waals surface area (Å²) in [6.45, 7) is 3.16. The molecule has 1 N–H and O–H groups in total. The van der Waals surface area contributed by atoms with Gasteiger partial charge >= 0.3 is 0 Å². The van der Waals surface area contributed by atoms with E-state index in [1.54, 1.807) is 17.1 Å². The Labute approximate surface area is 141 Å². The third-order valence-electron chi connectivity index (χ3n) is 3.87. The predicted molar refractivity (Wildman–Crippen MR) is 91.2 cm³/mol. The van der Waals surface area contributed by atoms with Crippen molar-refractivity contribution >= 4 is 5.91 Å². The van der Waals surface area contributed by atoms with Gasteiger partial charge in [0.1, 0.15) is 6.04 Å². The highest BCUT2D eigenvalue weighted by molar-refractivity contribution is 5.80. The van der Waals surface area contributed by atoms with Gasteiger partial charge in [0.2, 0.25) is 5.91 Å². The molecule has 3 aromatic rings. The molecule has 1 atom stereocenters. The number of nitrogens with zero attached hydrogens (tertiary/aromatic N) is 4. The van der Waals surface area contributed by atoms with Crippen molar-refractivity contribution in [3.05, 3.63) is 72.3 Å². The zero-order chi connectivity index (χ0) is 16.8. The summed E-state index contributed by atoms with van der Waals surface area (Å²) in [7, 11) is 0. The van der Waals surface area contributed by atoms with E-state index in [-0.39, 0.29) is 11.9 Å². The first kappa shape index (κ1) is 16.0. The van der Waals surface area contributed by atoms with E-state index in [0.29, 0.717) is 13.0 Å². The van der Waals surface area contributed by atoms with E-state index >= 15 is 0 Å². The average molecular weight is 323 g/mol. The molecule has 6 nitrogen and oxygen atoms in total. The van der Waals surface area contributed by atoms with Crippen LogP contribution >= 0.6 is 0 Å². The van der Waals surface area contributed by atoms with Crippen LogP contribution in [0.4, 0.5) is 0 Å². The molecule has 0 bridgehead atoms. The van der Waals surface area contributed by atoms with Crippen molar-refractivity contribution in [3.8, 4) is 0 Å². The second kappa shape index (κ2) is 7.59. The van der Waals surface area contributed by atoms with Crippen LogP contribution in [0.1, 0.15) is 30.5 Å². The fourth-order valence-electron chi connectivity index (χ4n) is 2.62. The summed E-state index contributed by atoms with van der Waals surface area (Å²) in [6.07, 6.45) is 7.94. The van der Waals surface area contributed by atoms with Gasteiger partial charge < -0.3 is 5.32 Å². The standard InChI is InChI=1S/C18H21N5O/c1-2-17(23-10-6-9-20-23)18(24)19-11-16-12-21-22(14-16)13-15-7-4-3-5-8-15/h3-10,12,14,17H,2,11,13H2,1H3,(H,19,24)/t17-/m1/s1. The monoisotopic (exact) mass is 323 g/mol. The van der Waals surface area contributed by atoms with E-state index in [1.165, 1.54) is 5.56 Å². The van der Waals surface area contributed by atoms with Crippen molar-refractivity contribution in [2.45, 2.75) is 32.5 Å². The van der Waals surface area contributed by atoms with Gasteiger partial charge in [-0.25, -0.2) is 0 Å². The molecule has 0 aliphatic heterocycles. The van der Waals surface area contributed by atoms with E-state index in [2.05, 4.69) is 27.6 Å². The number of carbonyl (C=O) groups is 1. The number of hydrogen-bond donors (Lipinski definition) is 1. The Balaban J connectivity index is 1.56. The number of hydrogen-bond acceptors (Lipinski definition) is 3. The molecule has 6 heteroatoms. The lowest BCUT2D eigenvalue weighted by atomic mass is 10.2. The molecule has 0 aliphatic rings. The lowest BCUT2D eigenvalue weighted by Crippen LogP contribution is -2.32. The quantitative estimate of drug-likeness (QED) is 0.726. The predicted octanol–water partition coefficient (Wildman–Crippen LogP) is 2.40. The van der Waals surface area contributed by atoms with E-state index in [0.717, 1.165) is 12.1 Å². The molecule has 0 spiro atoms. The fraction of sp³-hybridized carbons (Fsp3) is 0.278. The highest BCUT2D eigenvalue weighted by atomic mass is 16.2. The SMILES string of the molecule is CC[C@H](C(=O)NCc1cnn(Cc2ccccc2)c1)n1cccn1. The molecule has 0 saturated heterocycles. The molecular formula is C18H21N5O. The van der Waals surface area contributed by atoms with E-state index in [1.807, 2.05) is 48.3 Å². The zero-order valence-corrected chi connectivity index (χ0v) is 13.7. The largest absolute Gasteiger partial charge is 0.350 e. The Morgan fingerprint density at radius 2 is 2.00 bits per heavy atom. The average Bonchev–Trinajstić information content (AvgIpc) is 3.27. The minimum Gasteiger partial charge on any atom is -0.350 e. The summed E-state index contributed by atoms with van der Waals surface area (Å²) in [4.78, 5) is 12.3. The van der Waals surface area contributed by atoms with Gasteiger partial charge in [-0.2, -0.15) is 10.2 Å². The van der Waals surface area contributed by atoms with Gasteiger partial charge in [-0.1, -0.05) is 37.3 Å². The summed E-state index contributed by atoms with van der Waals surface area (Å²) >= 11 is 0. The Bertz CT molecular complexity index is 764. The normalized spacial score (nSPS) is 12.0. The van der Waals surface area contributed by atoms with Gasteiger partial charge in [0.15, 0.2) is 0 Å². The Morgan fingerprint density at radius 1 is 1.17 bits per heavy atom. The van der Waals surface area contributed by atoms with Gasteiger partial charge in [0.05, 0.1) is 12.7 Å². The molecule has 0 aliphatic carbocycles. The third kappa shape index (κ3) is 3.90. The maximum Gasteiger partial charge on any atom is 0.245 e. The van der Waals surface area contributed by atoms with Crippen LogP contribution in [-0.4, -0.2) is 25.5 Å². The van der Waals surface area contributed by atoms with E-state index in [4.69, 9.17) is 0 Å². The van der Waals surface area contributed by atoms with Crippen molar-refractivity contribution < 1.29 is 4.79 Å². The first-order chi connectivity index (χ1) is 11.8. The number of carbonyl (C=O) groups excluding carboxylic acids is 1. The molecule has 1 amide bonds. The molecule has 0 saturated carbocycles. The van der Waals surface area contributed by atoms with Crippen LogP contribution < -0.4 is 5.32 Å². The molecule has 1 aromatic carbocycles. The minimum absolute atomic E-state index is 0.0305. The van der Waals surface area contributed by atoms with Crippen LogP contribution in [0.25, 0.3) is 0 Å². The molecule has 0 radical (unpaired) electrons. The summed E-state index contributed by atoms with van der Waals surface area (Å²) in [6, 6.07) is 11.7. The zero-order valence-electron chi connectivity index (χ0n) is 13.7. The number of rotatable bonds is 7. The highest BCUT2D eigenvalue weighted by Gasteiger charge is 2.18. The topological polar surface area (TPSA) is 64.7 Å². The minimum atomic E-state index is -0.278. The lowest BCUT2D eigenvalue weighted by Gasteiger charge is -2.15. The Kier molecular flexibility index (Phi) is 5.05. The van der Waals surface area contributed by atoms with Crippen molar-refractivity contribution in [3.63, 3.8) is 0 Å². The lowest BCUT2D eigenvalue weighted by molar-refractivity contribution is -0.124.